The molecule has 0 saturated heterocycles. The van der Waals surface area contributed by atoms with Crippen molar-refractivity contribution in [2.24, 2.45) is 0 Å². The van der Waals surface area contributed by atoms with Crippen molar-refractivity contribution in [2.45, 2.75) is 13.8 Å². The fraction of sp³-hybridized carbons (Fsp3) is 0.0588. The van der Waals surface area contributed by atoms with Crippen molar-refractivity contribution in [3.05, 3.63) is 145 Å². The van der Waals surface area contributed by atoms with Gasteiger partial charge in [-0.3, -0.25) is 0 Å². The van der Waals surface area contributed by atoms with Gasteiger partial charge in [0, 0.05) is 10.0 Å². The molecular weight excluding hydrogens is 599 g/mol. The van der Waals surface area contributed by atoms with Crippen molar-refractivity contribution in [3.63, 3.8) is 0 Å². The van der Waals surface area contributed by atoms with E-state index in [1.165, 1.54) is 78.3 Å². The van der Waals surface area contributed by atoms with Crippen LogP contribution in [0.2, 0.25) is 10.0 Å². The number of fused-ring (bicyclic) bond motifs is 2. The summed E-state index contributed by atoms with van der Waals surface area (Å²) < 4.78 is 0. The second-order valence-electron chi connectivity index (χ2n) is 8.70. The summed E-state index contributed by atoms with van der Waals surface area (Å²) in [5.41, 5.74) is 7.45. The molecule has 0 aromatic heterocycles. The summed E-state index contributed by atoms with van der Waals surface area (Å²) >= 11 is 13.5. The topological polar surface area (TPSA) is 0 Å². The first kappa shape index (κ1) is 32.0. The van der Waals surface area contributed by atoms with Gasteiger partial charge >= 0.3 is 30.2 Å². The van der Waals surface area contributed by atoms with Gasteiger partial charge in [0.2, 0.25) is 0 Å². The van der Waals surface area contributed by atoms with Crippen molar-refractivity contribution in [3.8, 4) is 22.3 Å². The predicted molar refractivity (Wildman–Crippen MR) is 168 cm³/mol. The van der Waals surface area contributed by atoms with Gasteiger partial charge in [-0.25, -0.2) is 0 Å². The molecule has 0 unspecified atom stereocenters. The summed E-state index contributed by atoms with van der Waals surface area (Å²) in [5.74, 6) is 0. The Bertz CT molecular complexity index is 1510. The molecule has 6 aromatic rings. The molecule has 2 radical (unpaired) electrons. The van der Waals surface area contributed by atoms with Crippen molar-refractivity contribution in [1.82, 2.24) is 0 Å². The normalized spacial score (nSPS) is 9.87. The first-order valence-electron chi connectivity index (χ1n) is 11.6. The van der Waals surface area contributed by atoms with Crippen LogP contribution < -0.4 is 0 Å². The first-order chi connectivity index (χ1) is 17.5. The Morgan fingerprint density at radius 3 is 1.29 bits per heavy atom. The molecule has 0 heterocycles. The van der Waals surface area contributed by atoms with Gasteiger partial charge in [-0.05, 0) is 35.4 Å². The van der Waals surface area contributed by atoms with Crippen LogP contribution in [-0.2, 0) is 23.3 Å². The predicted octanol–water partition coefficient (Wildman–Crippen LogP) is 10.9. The van der Waals surface area contributed by atoms with Gasteiger partial charge in [0.1, 0.15) is 0 Å². The van der Waals surface area contributed by atoms with Gasteiger partial charge in [0.05, 0.1) is 0 Å². The summed E-state index contributed by atoms with van der Waals surface area (Å²) in [4.78, 5) is 0. The zero-order valence-corrected chi connectivity index (χ0v) is 27.1. The third kappa shape index (κ3) is 7.45. The van der Waals surface area contributed by atoms with Crippen LogP contribution in [0.1, 0.15) is 11.1 Å². The van der Waals surface area contributed by atoms with E-state index >= 15 is 0 Å². The van der Waals surface area contributed by atoms with Gasteiger partial charge in [0.15, 0.2) is 0 Å². The molecule has 38 heavy (non-hydrogen) atoms. The van der Waals surface area contributed by atoms with E-state index in [4.69, 9.17) is 23.2 Å². The van der Waals surface area contributed by atoms with Gasteiger partial charge in [-0.15, -0.1) is 69.1 Å². The van der Waals surface area contributed by atoms with Gasteiger partial charge in [0.25, 0.3) is 0 Å². The zero-order chi connectivity index (χ0) is 25.7. The number of hydrogen-bond acceptors (Lipinski definition) is 0. The third-order valence-electron chi connectivity index (χ3n) is 6.06. The Kier molecular flexibility index (Phi) is 12.5. The van der Waals surface area contributed by atoms with Crippen molar-refractivity contribution in [1.29, 1.82) is 0 Å². The van der Waals surface area contributed by atoms with E-state index in [-0.39, 0.29) is 14.9 Å². The summed E-state index contributed by atoms with van der Waals surface area (Å²) in [7, 11) is 0. The Labute approximate surface area is 254 Å². The van der Waals surface area contributed by atoms with Crippen LogP contribution in [0.5, 0.6) is 0 Å². The van der Waals surface area contributed by atoms with E-state index in [2.05, 4.69) is 93.5 Å². The van der Waals surface area contributed by atoms with E-state index in [1.807, 2.05) is 36.4 Å². The van der Waals surface area contributed by atoms with Gasteiger partial charge < -0.3 is 14.9 Å². The first-order valence-corrected chi connectivity index (χ1v) is 16.5. The molecule has 0 N–H and O–H groups in total. The maximum absolute atomic E-state index is 6.05. The quantitative estimate of drug-likeness (QED) is 0.132. The number of aryl methyl sites for hydroxylation is 2. The maximum atomic E-state index is 6.05. The molecule has 0 bridgehead atoms. The van der Waals surface area contributed by atoms with Crippen LogP contribution in [0.25, 0.3) is 43.8 Å². The molecular formula is C34H30Cl2SiZr-4. The third-order valence-corrected chi connectivity index (χ3v) is 6.53. The van der Waals surface area contributed by atoms with Crippen LogP contribution in [0.15, 0.2) is 109 Å². The fourth-order valence-electron chi connectivity index (χ4n) is 4.58. The zero-order valence-electron chi connectivity index (χ0n) is 22.1. The Morgan fingerprint density at radius 2 is 0.921 bits per heavy atom. The van der Waals surface area contributed by atoms with E-state index in [9.17, 15) is 0 Å². The van der Waals surface area contributed by atoms with Crippen LogP contribution in [0, 0.1) is 28.7 Å². The average molecular weight is 629 g/mol. The molecule has 0 aliphatic carbocycles. The molecule has 6 rings (SSSR count). The minimum absolute atomic E-state index is 0. The summed E-state index contributed by atoms with van der Waals surface area (Å²) in [6, 6.07) is 37.7. The standard InChI is InChI=1S/2C16H12Cl.2CH3.Si.Zr/c2*1-11-8-12-5-3-7-15(16(12)9-11)13-4-2-6-14(17)10-13;;;;/h2*2-10H,1H3;2*1H3;;/q4*-1;;. The van der Waals surface area contributed by atoms with Gasteiger partial charge in [-0.2, -0.15) is 12.1 Å². The van der Waals surface area contributed by atoms with Crippen LogP contribution in [0.3, 0.4) is 0 Å². The molecule has 4 heteroatoms. The monoisotopic (exact) mass is 626 g/mol. The Balaban J connectivity index is 0.000000239. The van der Waals surface area contributed by atoms with Crippen molar-refractivity contribution >= 4 is 51.6 Å². The molecule has 6 aromatic carbocycles. The molecule has 0 fully saturated rings. The van der Waals surface area contributed by atoms with E-state index in [1.54, 1.807) is 0 Å². The molecule has 0 spiro atoms. The molecule has 0 aliphatic heterocycles. The molecule has 0 amide bonds. The van der Waals surface area contributed by atoms with Crippen molar-refractivity contribution in [2.75, 3.05) is 0 Å². The fourth-order valence-corrected chi connectivity index (χ4v) is 4.97. The second kappa shape index (κ2) is 14.8. The Hall–Kier alpha value is -2.22. The number of rotatable bonds is 2. The molecule has 192 valence electrons. The van der Waals surface area contributed by atoms with E-state index in [0.29, 0.717) is 0 Å². The Morgan fingerprint density at radius 1 is 0.553 bits per heavy atom. The van der Waals surface area contributed by atoms with Crippen molar-refractivity contribution < 1.29 is 23.3 Å². The number of halogens is 2. The molecule has 0 nitrogen and oxygen atoms in total. The summed E-state index contributed by atoms with van der Waals surface area (Å²) in [6.45, 7) is 7.32. The molecule has 0 saturated carbocycles. The van der Waals surface area contributed by atoms with E-state index in [0.717, 1.165) is 10.0 Å². The summed E-state index contributed by atoms with van der Waals surface area (Å²) in [5, 5.41) is 6.74. The minimum atomic E-state index is 0. The van der Waals surface area contributed by atoms with Crippen LogP contribution >= 0.6 is 23.2 Å². The van der Waals surface area contributed by atoms with E-state index < -0.39 is 0 Å². The van der Waals surface area contributed by atoms with Crippen LogP contribution in [-0.4, -0.2) is 6.88 Å². The molecule has 0 aliphatic rings. The second-order valence-corrected chi connectivity index (χ2v) is 9.58. The summed E-state index contributed by atoms with van der Waals surface area (Å²) in [6.07, 6.45) is 0. The average Bonchev–Trinajstić information content (AvgIpc) is 3.46. The SMILES string of the molecule is Cc1cc2c(-c3cccc(Cl)c3)cccc2[cH-]1.Cc1cc2c(-c3cccc(Cl)c3)cccc2[cH-]1.[CH3-].[CH3-].[Si]=[Zr]. The molecule has 0 atom stereocenters. The van der Waals surface area contributed by atoms with Gasteiger partial charge in [-0.1, -0.05) is 84.6 Å². The number of benzene rings is 4. The number of hydrogen-bond donors (Lipinski definition) is 0. The van der Waals surface area contributed by atoms with Crippen LogP contribution in [0.4, 0.5) is 0 Å².